The van der Waals surface area contributed by atoms with E-state index in [0.29, 0.717) is 43.6 Å². The van der Waals surface area contributed by atoms with E-state index in [4.69, 9.17) is 4.74 Å². The number of benzene rings is 1. The van der Waals surface area contributed by atoms with Crippen molar-refractivity contribution in [3.05, 3.63) is 57.3 Å². The molecule has 3 aliphatic heterocycles. The molecule has 0 unspecified atom stereocenters. The Labute approximate surface area is 180 Å². The number of amides is 1. The normalized spacial score (nSPS) is 27.0. The van der Waals surface area contributed by atoms with Crippen LogP contribution < -0.4 is 4.74 Å². The Kier molecular flexibility index (Phi) is 4.59. The number of hydrogen-bond donors (Lipinski definition) is 0. The van der Waals surface area contributed by atoms with Crippen LogP contribution in [0.1, 0.15) is 37.7 Å². The van der Waals surface area contributed by atoms with Crippen LogP contribution in [-0.2, 0) is 4.79 Å². The van der Waals surface area contributed by atoms with Crippen LogP contribution in [-0.4, -0.2) is 29.1 Å². The van der Waals surface area contributed by atoms with Crippen LogP contribution in [0.25, 0.3) is 5.57 Å². The maximum atomic E-state index is 13.1. The first-order chi connectivity index (χ1) is 14.3. The molecule has 1 aromatic carbocycles. The summed E-state index contributed by atoms with van der Waals surface area (Å²) in [7, 11) is 0. The van der Waals surface area contributed by atoms with Crippen LogP contribution in [0.2, 0.25) is 0 Å². The molecule has 0 saturated carbocycles. The third-order valence-electron chi connectivity index (χ3n) is 6.11. The van der Waals surface area contributed by atoms with E-state index in [-0.39, 0.29) is 0 Å². The molecule has 7 heteroatoms. The fourth-order valence-electron chi connectivity index (χ4n) is 4.96. The van der Waals surface area contributed by atoms with Gasteiger partial charge in [-0.3, -0.25) is 4.79 Å². The van der Waals surface area contributed by atoms with E-state index in [1.165, 1.54) is 0 Å². The number of rotatable bonds is 0. The fourth-order valence-corrected chi connectivity index (χ4v) is 5.41. The molecule has 3 heterocycles. The quantitative estimate of drug-likeness (QED) is 0.461. The molecule has 2 fully saturated rings. The van der Waals surface area contributed by atoms with Gasteiger partial charge in [0.05, 0.1) is 4.47 Å². The summed E-state index contributed by atoms with van der Waals surface area (Å²) >= 11 is 3.55. The number of alkyl halides is 3. The van der Waals surface area contributed by atoms with Gasteiger partial charge < -0.3 is 9.64 Å². The number of piperidine rings is 1. The number of ether oxygens (including phenoxy) is 1. The van der Waals surface area contributed by atoms with Crippen molar-refractivity contribution >= 4 is 27.4 Å². The van der Waals surface area contributed by atoms with Gasteiger partial charge >= 0.3 is 12.1 Å². The van der Waals surface area contributed by atoms with E-state index in [2.05, 4.69) is 27.8 Å². The Morgan fingerprint density at radius 3 is 2.63 bits per heavy atom. The highest BCUT2D eigenvalue weighted by Gasteiger charge is 2.51. The lowest BCUT2D eigenvalue weighted by molar-refractivity contribution is -0.189. The van der Waals surface area contributed by atoms with Gasteiger partial charge in [0.25, 0.3) is 0 Å². The van der Waals surface area contributed by atoms with Crippen molar-refractivity contribution in [2.45, 2.75) is 50.4 Å². The highest BCUT2D eigenvalue weighted by molar-refractivity contribution is 9.10. The summed E-state index contributed by atoms with van der Waals surface area (Å²) in [6, 6.07) is 4.95. The van der Waals surface area contributed by atoms with E-state index in [1.807, 2.05) is 24.3 Å². The lowest BCUT2D eigenvalue weighted by atomic mass is 9.83. The third-order valence-corrected chi connectivity index (χ3v) is 6.74. The van der Waals surface area contributed by atoms with Gasteiger partial charge in [-0.15, -0.1) is 0 Å². The number of allylic oxidation sites excluding steroid dienone is 3. The van der Waals surface area contributed by atoms with E-state index in [9.17, 15) is 18.0 Å². The Morgan fingerprint density at radius 2 is 1.93 bits per heavy atom. The molecular formula is C23H17BrF3NO2. The zero-order valence-electron chi connectivity index (χ0n) is 15.9. The van der Waals surface area contributed by atoms with Crippen molar-refractivity contribution in [1.29, 1.82) is 0 Å². The second-order valence-corrected chi connectivity index (χ2v) is 8.71. The third kappa shape index (κ3) is 3.09. The first-order valence-corrected chi connectivity index (χ1v) is 10.6. The molecule has 0 radical (unpaired) electrons. The highest BCUT2D eigenvalue weighted by Crippen LogP contribution is 2.50. The van der Waals surface area contributed by atoms with Gasteiger partial charge in [-0.05, 0) is 53.3 Å². The molecule has 4 aliphatic rings. The zero-order valence-corrected chi connectivity index (χ0v) is 17.4. The molecule has 2 saturated heterocycles. The van der Waals surface area contributed by atoms with Crippen LogP contribution in [0.3, 0.4) is 0 Å². The molecular weight excluding hydrogens is 459 g/mol. The monoisotopic (exact) mass is 475 g/mol. The minimum Gasteiger partial charge on any atom is -0.454 e. The van der Waals surface area contributed by atoms with Crippen LogP contribution in [0.4, 0.5) is 13.2 Å². The summed E-state index contributed by atoms with van der Waals surface area (Å²) in [4.78, 5) is 13.1. The van der Waals surface area contributed by atoms with Crippen molar-refractivity contribution in [3.63, 3.8) is 0 Å². The molecule has 0 aromatic heterocycles. The predicted molar refractivity (Wildman–Crippen MR) is 109 cm³/mol. The van der Waals surface area contributed by atoms with Gasteiger partial charge in [0.1, 0.15) is 11.5 Å². The number of halogens is 4. The molecule has 3 nitrogen and oxygen atoms in total. The number of fused-ring (bicyclic) bond motifs is 4. The number of carbonyl (C=O) groups is 1. The molecule has 154 valence electrons. The summed E-state index contributed by atoms with van der Waals surface area (Å²) in [6.07, 6.45) is 1.57. The lowest BCUT2D eigenvalue weighted by Gasteiger charge is -2.38. The lowest BCUT2D eigenvalue weighted by Crippen LogP contribution is -2.50. The minimum absolute atomic E-state index is 0.422. The molecule has 30 heavy (non-hydrogen) atoms. The second-order valence-electron chi connectivity index (χ2n) is 7.85. The topological polar surface area (TPSA) is 29.5 Å². The van der Waals surface area contributed by atoms with Crippen LogP contribution >= 0.6 is 15.9 Å². The molecule has 0 spiro atoms. The molecule has 2 atom stereocenters. The van der Waals surface area contributed by atoms with Gasteiger partial charge in [0.15, 0.2) is 0 Å². The first kappa shape index (κ1) is 19.5. The maximum Gasteiger partial charge on any atom is 0.471 e. The maximum absolute atomic E-state index is 13.1. The number of carbonyl (C=O) groups excluding carboxylic acids is 1. The van der Waals surface area contributed by atoms with Gasteiger partial charge in [-0.25, -0.2) is 0 Å². The predicted octanol–water partition coefficient (Wildman–Crippen LogP) is 5.53. The Morgan fingerprint density at radius 1 is 1.20 bits per heavy atom. The first-order valence-electron chi connectivity index (χ1n) is 9.82. The average molecular weight is 476 g/mol. The summed E-state index contributed by atoms with van der Waals surface area (Å²) in [5.41, 5.74) is 3.92. The molecule has 1 aromatic rings. The molecule has 0 N–H and O–H groups in total. The van der Waals surface area contributed by atoms with Gasteiger partial charge in [-0.2, -0.15) is 13.2 Å². The molecule has 1 amide bonds. The largest absolute Gasteiger partial charge is 0.471 e. The van der Waals surface area contributed by atoms with Crippen LogP contribution in [0.15, 0.2) is 51.7 Å². The fraction of sp³-hybridized carbons (Fsp3) is 0.348. The number of hydrogen-bond acceptors (Lipinski definition) is 2. The summed E-state index contributed by atoms with van der Waals surface area (Å²) in [5, 5.41) is 0. The van der Waals surface area contributed by atoms with Crippen LogP contribution in [0, 0.1) is 11.8 Å². The molecule has 2 bridgehead atoms. The van der Waals surface area contributed by atoms with E-state index in [1.54, 1.807) is 6.08 Å². The van der Waals surface area contributed by atoms with Crippen LogP contribution in [0.5, 0.6) is 5.75 Å². The molecule has 1 aliphatic carbocycles. The smallest absolute Gasteiger partial charge is 0.454 e. The number of nitrogens with zero attached hydrogens (tertiary/aromatic N) is 1. The van der Waals surface area contributed by atoms with Crippen molar-refractivity contribution in [2.75, 3.05) is 0 Å². The summed E-state index contributed by atoms with van der Waals surface area (Å²) in [6.45, 7) is 0. The van der Waals surface area contributed by atoms with E-state index < -0.39 is 24.2 Å². The van der Waals surface area contributed by atoms with Gasteiger partial charge in [-0.1, -0.05) is 35.6 Å². The Hall–Kier alpha value is -2.46. The minimum atomic E-state index is -4.83. The second kappa shape index (κ2) is 7.05. The number of para-hydroxylation sites is 1. The Bertz CT molecular complexity index is 1090. The summed E-state index contributed by atoms with van der Waals surface area (Å²) < 4.78 is 46.3. The van der Waals surface area contributed by atoms with Crippen molar-refractivity contribution < 1.29 is 22.7 Å². The van der Waals surface area contributed by atoms with E-state index >= 15 is 0 Å². The highest BCUT2D eigenvalue weighted by atomic mass is 79.9. The summed E-state index contributed by atoms with van der Waals surface area (Å²) in [5.74, 6) is 5.66. The zero-order chi connectivity index (χ0) is 21.0. The van der Waals surface area contributed by atoms with Crippen molar-refractivity contribution in [3.8, 4) is 17.6 Å². The standard InChI is InChI=1S/C23H17BrF3NO2/c24-18-7-4-6-17-20(16-5-2-1-3-8-19(16)30-21(17)18)13-11-14-9-10-15(12-13)28(14)22(29)23(25,26)27/h4-8,14-15H,2,9-12H2/t14-,15+. The van der Waals surface area contributed by atoms with Crippen molar-refractivity contribution in [2.24, 2.45) is 0 Å². The SMILES string of the molecule is O=C(N1[C@@H]2CC[C@H]1CC(=C1C3=CCC#CC=C3Oc3c(Br)cccc31)C2)C(F)(F)F. The van der Waals surface area contributed by atoms with Gasteiger partial charge in [0.2, 0.25) is 0 Å². The molecule has 5 rings (SSSR count). The average Bonchev–Trinajstić information content (AvgIpc) is 2.87. The van der Waals surface area contributed by atoms with Gasteiger partial charge in [0, 0.05) is 35.7 Å². The van der Waals surface area contributed by atoms with E-state index in [0.717, 1.165) is 31.7 Å². The Balaban J connectivity index is 1.62. The van der Waals surface area contributed by atoms with Crippen molar-refractivity contribution in [1.82, 2.24) is 4.90 Å².